The summed E-state index contributed by atoms with van der Waals surface area (Å²) in [5.41, 5.74) is 0. The van der Waals surface area contributed by atoms with Gasteiger partial charge in [-0.2, -0.15) is 11.8 Å². The van der Waals surface area contributed by atoms with Crippen molar-refractivity contribution in [1.82, 2.24) is 14.9 Å². The fraction of sp³-hybridized carbons (Fsp3) is 0.667. The van der Waals surface area contributed by atoms with E-state index < -0.39 is 0 Å². The highest BCUT2D eigenvalue weighted by atomic mass is 32.2. The first-order chi connectivity index (χ1) is 8.31. The van der Waals surface area contributed by atoms with E-state index in [0.29, 0.717) is 12.3 Å². The van der Waals surface area contributed by atoms with Gasteiger partial charge in [-0.25, -0.2) is 4.98 Å². The van der Waals surface area contributed by atoms with Crippen molar-refractivity contribution in [2.75, 3.05) is 25.1 Å². The van der Waals surface area contributed by atoms with Crippen LogP contribution in [0, 0.1) is 0 Å². The molecule has 1 aliphatic rings. The molecule has 2 rings (SSSR count). The SMILES string of the molecule is CSCCC(=O)N1CCCC(c2ncc[nH]2)C1. The van der Waals surface area contributed by atoms with Crippen molar-refractivity contribution in [3.8, 4) is 0 Å². The third-order valence-corrected chi connectivity index (χ3v) is 3.81. The third kappa shape index (κ3) is 3.25. The number of thioether (sulfide) groups is 1. The minimum absolute atomic E-state index is 0.288. The standard InChI is InChI=1S/C12H19N3OS/c1-17-8-4-11(16)15-7-2-3-10(9-15)12-13-5-6-14-12/h5-6,10H,2-4,7-9H2,1H3,(H,13,14). The highest BCUT2D eigenvalue weighted by molar-refractivity contribution is 7.98. The number of rotatable bonds is 4. The van der Waals surface area contributed by atoms with Crippen LogP contribution in [0.4, 0.5) is 0 Å². The van der Waals surface area contributed by atoms with E-state index in [1.165, 1.54) is 0 Å². The Bertz CT molecular complexity index is 353. The van der Waals surface area contributed by atoms with Gasteiger partial charge in [0.1, 0.15) is 5.82 Å². The second kappa shape index (κ2) is 6.10. The number of aromatic nitrogens is 2. The van der Waals surface area contributed by atoms with Crippen LogP contribution < -0.4 is 0 Å². The lowest BCUT2D eigenvalue weighted by Gasteiger charge is -2.31. The second-order valence-electron chi connectivity index (χ2n) is 4.40. The number of carbonyl (C=O) groups excluding carboxylic acids is 1. The van der Waals surface area contributed by atoms with Crippen molar-refractivity contribution in [2.45, 2.75) is 25.2 Å². The van der Waals surface area contributed by atoms with Crippen molar-refractivity contribution in [3.63, 3.8) is 0 Å². The largest absolute Gasteiger partial charge is 0.348 e. The third-order valence-electron chi connectivity index (χ3n) is 3.20. The number of hydrogen-bond acceptors (Lipinski definition) is 3. The van der Waals surface area contributed by atoms with Crippen molar-refractivity contribution in [3.05, 3.63) is 18.2 Å². The van der Waals surface area contributed by atoms with Crippen molar-refractivity contribution >= 4 is 17.7 Å². The van der Waals surface area contributed by atoms with E-state index in [0.717, 1.165) is 37.5 Å². The fourth-order valence-electron chi connectivity index (χ4n) is 2.28. The molecular formula is C12H19N3OS. The summed E-state index contributed by atoms with van der Waals surface area (Å²) in [4.78, 5) is 21.4. The molecule has 0 spiro atoms. The lowest BCUT2D eigenvalue weighted by Crippen LogP contribution is -2.39. The number of amides is 1. The Labute approximate surface area is 106 Å². The molecule has 94 valence electrons. The number of likely N-dealkylation sites (tertiary alicyclic amines) is 1. The number of nitrogens with one attached hydrogen (secondary N) is 1. The summed E-state index contributed by atoms with van der Waals surface area (Å²) in [5, 5.41) is 0. The van der Waals surface area contributed by atoms with E-state index in [-0.39, 0.29) is 5.91 Å². The molecule has 1 saturated heterocycles. The van der Waals surface area contributed by atoms with Crippen LogP contribution in [0.25, 0.3) is 0 Å². The Morgan fingerprint density at radius 2 is 2.59 bits per heavy atom. The highest BCUT2D eigenvalue weighted by Gasteiger charge is 2.25. The molecule has 0 aromatic carbocycles. The van der Waals surface area contributed by atoms with E-state index in [1.54, 1.807) is 18.0 Å². The summed E-state index contributed by atoms with van der Waals surface area (Å²) in [5.74, 6) is 2.61. The summed E-state index contributed by atoms with van der Waals surface area (Å²) >= 11 is 1.73. The van der Waals surface area contributed by atoms with E-state index in [9.17, 15) is 4.79 Å². The molecule has 17 heavy (non-hydrogen) atoms. The first kappa shape index (κ1) is 12.5. The predicted octanol–water partition coefficient (Wildman–Crippen LogP) is 1.87. The maximum absolute atomic E-state index is 12.0. The van der Waals surface area contributed by atoms with Crippen molar-refractivity contribution in [2.24, 2.45) is 0 Å². The van der Waals surface area contributed by atoms with E-state index in [2.05, 4.69) is 9.97 Å². The van der Waals surface area contributed by atoms with E-state index in [4.69, 9.17) is 0 Å². The monoisotopic (exact) mass is 253 g/mol. The van der Waals surface area contributed by atoms with Gasteiger partial charge in [0.25, 0.3) is 0 Å². The zero-order valence-corrected chi connectivity index (χ0v) is 11.0. The Hall–Kier alpha value is -0.970. The predicted molar refractivity (Wildman–Crippen MR) is 70.1 cm³/mol. The molecule has 1 N–H and O–H groups in total. The molecule has 0 radical (unpaired) electrons. The normalized spacial score (nSPS) is 20.5. The van der Waals surface area contributed by atoms with Gasteiger partial charge in [0.15, 0.2) is 0 Å². The van der Waals surface area contributed by atoms with Gasteiger partial charge < -0.3 is 9.88 Å². The first-order valence-corrected chi connectivity index (χ1v) is 7.46. The molecule has 4 nitrogen and oxygen atoms in total. The maximum Gasteiger partial charge on any atom is 0.223 e. The first-order valence-electron chi connectivity index (χ1n) is 6.07. The Balaban J connectivity index is 1.90. The average Bonchev–Trinajstić information content (AvgIpc) is 2.90. The molecule has 5 heteroatoms. The maximum atomic E-state index is 12.0. The Kier molecular flexibility index (Phi) is 4.48. The molecule has 1 unspecified atom stereocenters. The summed E-state index contributed by atoms with van der Waals surface area (Å²) < 4.78 is 0. The molecular weight excluding hydrogens is 234 g/mol. The molecule has 0 aliphatic carbocycles. The van der Waals surface area contributed by atoms with Crippen LogP contribution in [0.15, 0.2) is 12.4 Å². The molecule has 1 aromatic heterocycles. The molecule has 1 aromatic rings. The smallest absolute Gasteiger partial charge is 0.223 e. The summed E-state index contributed by atoms with van der Waals surface area (Å²) in [6.07, 6.45) is 8.53. The van der Waals surface area contributed by atoms with Gasteiger partial charge in [-0.3, -0.25) is 4.79 Å². The van der Waals surface area contributed by atoms with Crippen LogP contribution in [0.2, 0.25) is 0 Å². The van der Waals surface area contributed by atoms with Crippen LogP contribution in [0.1, 0.15) is 31.0 Å². The number of piperidine rings is 1. The summed E-state index contributed by atoms with van der Waals surface area (Å²) in [7, 11) is 0. The molecule has 1 fully saturated rings. The van der Waals surface area contributed by atoms with E-state index >= 15 is 0 Å². The van der Waals surface area contributed by atoms with Gasteiger partial charge in [-0.15, -0.1) is 0 Å². The summed E-state index contributed by atoms with van der Waals surface area (Å²) in [6.45, 7) is 1.73. The topological polar surface area (TPSA) is 49.0 Å². The van der Waals surface area contributed by atoms with Crippen molar-refractivity contribution in [1.29, 1.82) is 0 Å². The van der Waals surface area contributed by atoms with Gasteiger partial charge in [0, 0.05) is 43.6 Å². The average molecular weight is 253 g/mol. The molecule has 1 aliphatic heterocycles. The number of H-pyrrole nitrogens is 1. The number of hydrogen-bond donors (Lipinski definition) is 1. The number of imidazole rings is 1. The Morgan fingerprint density at radius 3 is 3.29 bits per heavy atom. The molecule has 1 amide bonds. The number of carbonyl (C=O) groups is 1. The molecule has 0 saturated carbocycles. The summed E-state index contributed by atoms with van der Waals surface area (Å²) in [6, 6.07) is 0. The minimum Gasteiger partial charge on any atom is -0.348 e. The molecule has 0 bridgehead atoms. The molecule has 2 heterocycles. The zero-order valence-electron chi connectivity index (χ0n) is 10.2. The lowest BCUT2D eigenvalue weighted by atomic mass is 9.97. The fourth-order valence-corrected chi connectivity index (χ4v) is 2.65. The lowest BCUT2D eigenvalue weighted by molar-refractivity contribution is -0.131. The van der Waals surface area contributed by atoms with Gasteiger partial charge in [-0.05, 0) is 19.1 Å². The van der Waals surface area contributed by atoms with E-state index in [1.807, 2.05) is 17.4 Å². The van der Waals surface area contributed by atoms with Gasteiger partial charge in [0.2, 0.25) is 5.91 Å². The molecule has 1 atom stereocenters. The van der Waals surface area contributed by atoms with Gasteiger partial charge in [0.05, 0.1) is 0 Å². The van der Waals surface area contributed by atoms with Crippen LogP contribution in [-0.4, -0.2) is 45.9 Å². The minimum atomic E-state index is 0.288. The quantitative estimate of drug-likeness (QED) is 0.891. The van der Waals surface area contributed by atoms with Crippen LogP contribution in [-0.2, 0) is 4.79 Å². The van der Waals surface area contributed by atoms with Crippen LogP contribution in [0.3, 0.4) is 0 Å². The second-order valence-corrected chi connectivity index (χ2v) is 5.38. The van der Waals surface area contributed by atoms with Gasteiger partial charge >= 0.3 is 0 Å². The Morgan fingerprint density at radius 1 is 1.71 bits per heavy atom. The number of aromatic amines is 1. The van der Waals surface area contributed by atoms with Crippen molar-refractivity contribution < 1.29 is 4.79 Å². The highest BCUT2D eigenvalue weighted by Crippen LogP contribution is 2.24. The van der Waals surface area contributed by atoms with Crippen LogP contribution >= 0.6 is 11.8 Å². The zero-order chi connectivity index (χ0) is 12.1. The van der Waals surface area contributed by atoms with Gasteiger partial charge in [-0.1, -0.05) is 0 Å². The number of nitrogens with zero attached hydrogens (tertiary/aromatic N) is 2. The van der Waals surface area contributed by atoms with Crippen LogP contribution in [0.5, 0.6) is 0 Å².